The van der Waals surface area contributed by atoms with Crippen molar-refractivity contribution in [2.24, 2.45) is 4.99 Å². The van der Waals surface area contributed by atoms with E-state index in [1.54, 1.807) is 0 Å². The summed E-state index contributed by atoms with van der Waals surface area (Å²) in [5.41, 5.74) is 0. The van der Waals surface area contributed by atoms with Gasteiger partial charge in [-0.2, -0.15) is 0 Å². The fraction of sp³-hybridized carbons (Fsp3) is 0.917. The van der Waals surface area contributed by atoms with Crippen LogP contribution in [0.25, 0.3) is 0 Å². The summed E-state index contributed by atoms with van der Waals surface area (Å²) in [4.78, 5) is 6.96. The monoisotopic (exact) mass is 243 g/mol. The van der Waals surface area contributed by atoms with Crippen molar-refractivity contribution < 1.29 is 0 Å². The maximum Gasteiger partial charge on any atom is 0.156 e. The summed E-state index contributed by atoms with van der Waals surface area (Å²) in [5.74, 6) is 0. The molecule has 1 unspecified atom stereocenters. The molecule has 1 atom stereocenters. The summed E-state index contributed by atoms with van der Waals surface area (Å²) >= 11 is 1.91. The molecular formula is C12H25N3S. The highest BCUT2D eigenvalue weighted by molar-refractivity contribution is 8.14. The van der Waals surface area contributed by atoms with Crippen LogP contribution in [0.1, 0.15) is 33.6 Å². The van der Waals surface area contributed by atoms with Crippen molar-refractivity contribution in [3.63, 3.8) is 0 Å². The highest BCUT2D eigenvalue weighted by Crippen LogP contribution is 2.21. The quantitative estimate of drug-likeness (QED) is 0.695. The summed E-state index contributed by atoms with van der Waals surface area (Å²) in [5, 5.41) is 5.31. The molecule has 0 amide bonds. The van der Waals surface area contributed by atoms with Crippen LogP contribution in [0.4, 0.5) is 0 Å². The molecule has 94 valence electrons. The normalized spacial score (nSPS) is 20.2. The Morgan fingerprint density at radius 3 is 2.69 bits per heavy atom. The Labute approximate surface area is 104 Å². The van der Waals surface area contributed by atoms with Gasteiger partial charge in [0.1, 0.15) is 0 Å². The van der Waals surface area contributed by atoms with Crippen LogP contribution < -0.4 is 5.32 Å². The third kappa shape index (κ3) is 4.74. The zero-order valence-corrected chi connectivity index (χ0v) is 11.6. The first kappa shape index (κ1) is 13.8. The summed E-state index contributed by atoms with van der Waals surface area (Å²) in [6.07, 6.45) is 2.43. The Balaban J connectivity index is 2.04. The molecule has 0 saturated carbocycles. The van der Waals surface area contributed by atoms with E-state index in [0.29, 0.717) is 5.25 Å². The van der Waals surface area contributed by atoms with E-state index in [2.05, 4.69) is 36.0 Å². The Morgan fingerprint density at radius 2 is 2.12 bits per heavy atom. The predicted octanol–water partition coefficient (Wildman–Crippen LogP) is 2.19. The van der Waals surface area contributed by atoms with Crippen LogP contribution in [0, 0.1) is 0 Å². The van der Waals surface area contributed by atoms with Gasteiger partial charge in [-0.1, -0.05) is 32.5 Å². The topological polar surface area (TPSA) is 27.6 Å². The molecule has 0 bridgehead atoms. The Kier molecular flexibility index (Phi) is 6.88. The van der Waals surface area contributed by atoms with Crippen LogP contribution in [-0.2, 0) is 0 Å². The average molecular weight is 243 g/mol. The Morgan fingerprint density at radius 1 is 1.38 bits per heavy atom. The van der Waals surface area contributed by atoms with E-state index < -0.39 is 0 Å². The predicted molar refractivity (Wildman–Crippen MR) is 74.4 cm³/mol. The van der Waals surface area contributed by atoms with Gasteiger partial charge in [0.25, 0.3) is 0 Å². The van der Waals surface area contributed by atoms with Gasteiger partial charge in [0.15, 0.2) is 5.17 Å². The lowest BCUT2D eigenvalue weighted by Gasteiger charge is -2.17. The lowest BCUT2D eigenvalue weighted by molar-refractivity contribution is 0.300. The molecule has 0 aromatic heterocycles. The second-order valence-corrected chi connectivity index (χ2v) is 5.39. The number of rotatable bonds is 7. The maximum atomic E-state index is 4.50. The number of hydrogen-bond acceptors (Lipinski definition) is 4. The number of amidine groups is 1. The van der Waals surface area contributed by atoms with Gasteiger partial charge in [0.05, 0.1) is 6.54 Å². The molecule has 1 N–H and O–H groups in total. The number of thioether (sulfide) groups is 1. The molecule has 0 spiro atoms. The first-order valence-electron chi connectivity index (χ1n) is 6.47. The molecule has 1 aliphatic rings. The number of nitrogens with one attached hydrogen (secondary N) is 1. The molecule has 0 saturated heterocycles. The number of hydrogen-bond donors (Lipinski definition) is 1. The summed E-state index contributed by atoms with van der Waals surface area (Å²) in [7, 11) is 0. The van der Waals surface area contributed by atoms with E-state index in [-0.39, 0.29) is 0 Å². The minimum atomic E-state index is 0.713. The second-order valence-electron chi connectivity index (χ2n) is 4.10. The molecule has 0 fully saturated rings. The highest BCUT2D eigenvalue weighted by atomic mass is 32.2. The molecule has 0 radical (unpaired) electrons. The summed E-state index contributed by atoms with van der Waals surface area (Å²) < 4.78 is 0. The SMILES string of the molecule is CCC1CN=C(NCCCN(CC)CC)S1. The standard InChI is InChI=1S/C12H25N3S/c1-4-11-10-14-12(16-11)13-8-7-9-15(5-2)6-3/h11H,4-10H2,1-3H3,(H,13,14). The second kappa shape index (κ2) is 7.96. The van der Waals surface area contributed by atoms with Crippen molar-refractivity contribution in [3.8, 4) is 0 Å². The van der Waals surface area contributed by atoms with Gasteiger partial charge in [0.2, 0.25) is 0 Å². The third-order valence-electron chi connectivity index (χ3n) is 2.99. The van der Waals surface area contributed by atoms with Crippen molar-refractivity contribution in [3.05, 3.63) is 0 Å². The van der Waals surface area contributed by atoms with Crippen LogP contribution in [0.5, 0.6) is 0 Å². The van der Waals surface area contributed by atoms with Gasteiger partial charge < -0.3 is 10.2 Å². The van der Waals surface area contributed by atoms with Gasteiger partial charge >= 0.3 is 0 Å². The molecule has 0 aromatic rings. The van der Waals surface area contributed by atoms with E-state index >= 15 is 0 Å². The van der Waals surface area contributed by atoms with Crippen molar-refractivity contribution in [1.82, 2.24) is 10.2 Å². The lowest BCUT2D eigenvalue weighted by Crippen LogP contribution is -2.28. The van der Waals surface area contributed by atoms with Crippen molar-refractivity contribution >= 4 is 16.9 Å². The minimum Gasteiger partial charge on any atom is -0.365 e. The third-order valence-corrected chi connectivity index (χ3v) is 4.31. The fourth-order valence-corrected chi connectivity index (χ4v) is 2.73. The summed E-state index contributed by atoms with van der Waals surface area (Å²) in [6, 6.07) is 0. The van der Waals surface area contributed by atoms with Crippen LogP contribution in [0.3, 0.4) is 0 Å². The lowest BCUT2D eigenvalue weighted by atomic mass is 10.3. The van der Waals surface area contributed by atoms with Crippen LogP contribution in [0.15, 0.2) is 4.99 Å². The van der Waals surface area contributed by atoms with Gasteiger partial charge in [0, 0.05) is 11.8 Å². The largest absolute Gasteiger partial charge is 0.365 e. The average Bonchev–Trinajstić information content (AvgIpc) is 2.77. The molecule has 4 heteroatoms. The van der Waals surface area contributed by atoms with Crippen molar-refractivity contribution in [1.29, 1.82) is 0 Å². The van der Waals surface area contributed by atoms with E-state index in [9.17, 15) is 0 Å². The van der Waals surface area contributed by atoms with E-state index in [1.807, 2.05) is 11.8 Å². The van der Waals surface area contributed by atoms with Gasteiger partial charge in [-0.3, -0.25) is 4.99 Å². The fourth-order valence-electron chi connectivity index (χ4n) is 1.76. The molecular weight excluding hydrogens is 218 g/mol. The van der Waals surface area contributed by atoms with E-state index in [1.165, 1.54) is 19.4 Å². The minimum absolute atomic E-state index is 0.713. The highest BCUT2D eigenvalue weighted by Gasteiger charge is 2.16. The van der Waals surface area contributed by atoms with Gasteiger partial charge in [-0.15, -0.1) is 0 Å². The van der Waals surface area contributed by atoms with Crippen LogP contribution >= 0.6 is 11.8 Å². The maximum absolute atomic E-state index is 4.50. The van der Waals surface area contributed by atoms with Crippen LogP contribution in [-0.4, -0.2) is 48.0 Å². The first-order chi connectivity index (χ1) is 7.80. The number of nitrogens with zero attached hydrogens (tertiary/aromatic N) is 2. The van der Waals surface area contributed by atoms with E-state index in [0.717, 1.165) is 31.3 Å². The molecule has 1 aliphatic heterocycles. The number of aliphatic imine (C=N–C) groups is 1. The zero-order valence-electron chi connectivity index (χ0n) is 10.8. The smallest absolute Gasteiger partial charge is 0.156 e. The molecule has 0 aromatic carbocycles. The van der Waals surface area contributed by atoms with E-state index in [4.69, 9.17) is 0 Å². The Hall–Kier alpha value is -0.220. The molecule has 0 aliphatic carbocycles. The van der Waals surface area contributed by atoms with Crippen molar-refractivity contribution in [2.75, 3.05) is 32.7 Å². The molecule has 3 nitrogen and oxygen atoms in total. The first-order valence-corrected chi connectivity index (χ1v) is 7.35. The van der Waals surface area contributed by atoms with Crippen molar-refractivity contribution in [2.45, 2.75) is 38.9 Å². The van der Waals surface area contributed by atoms with Gasteiger partial charge in [-0.05, 0) is 32.5 Å². The Bertz CT molecular complexity index is 214. The van der Waals surface area contributed by atoms with Gasteiger partial charge in [-0.25, -0.2) is 0 Å². The molecule has 1 heterocycles. The molecule has 16 heavy (non-hydrogen) atoms. The summed E-state index contributed by atoms with van der Waals surface area (Å²) in [6.45, 7) is 12.2. The van der Waals surface area contributed by atoms with Crippen LogP contribution in [0.2, 0.25) is 0 Å². The molecule has 1 rings (SSSR count). The zero-order chi connectivity index (χ0) is 11.8.